The number of fused-ring (bicyclic) bond motifs is 1. The second-order valence-electron chi connectivity index (χ2n) is 9.30. The van der Waals surface area contributed by atoms with Gasteiger partial charge < -0.3 is 15.7 Å². The normalized spacial score (nSPS) is 24.3. The predicted octanol–water partition coefficient (Wildman–Crippen LogP) is 3.41. The Labute approximate surface area is 182 Å². The third-order valence-electron chi connectivity index (χ3n) is 6.61. The summed E-state index contributed by atoms with van der Waals surface area (Å²) in [5.41, 5.74) is 2.47. The van der Waals surface area contributed by atoms with Crippen molar-refractivity contribution in [3.8, 4) is 6.07 Å². The number of Topliss-reactive ketones (excluding diaryl/α,β-unsaturated/α-hetero) is 1. The molecular weight excluding hydrogens is 390 g/mol. The maximum atomic E-state index is 12.4. The van der Waals surface area contributed by atoms with Gasteiger partial charge in [0.1, 0.15) is 23.2 Å². The molecular formula is C24H29N5O2. The van der Waals surface area contributed by atoms with Gasteiger partial charge in [-0.15, -0.1) is 0 Å². The highest BCUT2D eigenvalue weighted by molar-refractivity contribution is 5.92. The van der Waals surface area contributed by atoms with Gasteiger partial charge in [-0.3, -0.25) is 4.79 Å². The first-order chi connectivity index (χ1) is 14.9. The van der Waals surface area contributed by atoms with Crippen LogP contribution in [0, 0.1) is 16.7 Å². The van der Waals surface area contributed by atoms with Crippen LogP contribution >= 0.6 is 0 Å². The molecule has 2 aliphatic rings. The SMILES string of the molecule is CC1(C)C[C@H](Nc2nc(NCCC3C(=O)Cc4ccccc43)ncc2C#N)CC[C@@H]1O. The molecule has 31 heavy (non-hydrogen) atoms. The first-order valence-electron chi connectivity index (χ1n) is 10.9. The molecule has 162 valence electrons. The van der Waals surface area contributed by atoms with Crippen LogP contribution < -0.4 is 10.6 Å². The van der Waals surface area contributed by atoms with Crippen LogP contribution in [0.2, 0.25) is 0 Å². The summed E-state index contributed by atoms with van der Waals surface area (Å²) in [7, 11) is 0. The molecule has 1 aromatic heterocycles. The smallest absolute Gasteiger partial charge is 0.224 e. The number of carbonyl (C=O) groups is 1. The number of carbonyl (C=O) groups excluding carboxylic acids is 1. The van der Waals surface area contributed by atoms with E-state index in [1.165, 1.54) is 6.20 Å². The summed E-state index contributed by atoms with van der Waals surface area (Å²) in [6.45, 7) is 4.69. The second-order valence-corrected chi connectivity index (χ2v) is 9.30. The van der Waals surface area contributed by atoms with Crippen molar-refractivity contribution in [2.45, 2.75) is 64.0 Å². The van der Waals surface area contributed by atoms with Crippen LogP contribution in [-0.2, 0) is 11.2 Å². The minimum absolute atomic E-state index is 0.0874. The van der Waals surface area contributed by atoms with Crippen molar-refractivity contribution >= 4 is 17.5 Å². The fourth-order valence-corrected chi connectivity index (χ4v) is 4.76. The van der Waals surface area contributed by atoms with E-state index in [4.69, 9.17) is 0 Å². The zero-order valence-electron chi connectivity index (χ0n) is 18.1. The first-order valence-corrected chi connectivity index (χ1v) is 10.9. The monoisotopic (exact) mass is 419 g/mol. The number of benzene rings is 1. The average Bonchev–Trinajstić information content (AvgIpc) is 3.06. The first kappa shape index (κ1) is 21.3. The number of nitrogens with zero attached hydrogens (tertiary/aromatic N) is 3. The van der Waals surface area contributed by atoms with E-state index in [1.54, 1.807) is 0 Å². The molecule has 0 aliphatic heterocycles. The minimum atomic E-state index is -0.313. The predicted molar refractivity (Wildman–Crippen MR) is 119 cm³/mol. The van der Waals surface area contributed by atoms with E-state index >= 15 is 0 Å². The van der Waals surface area contributed by atoms with Crippen molar-refractivity contribution < 1.29 is 9.90 Å². The maximum absolute atomic E-state index is 12.4. The van der Waals surface area contributed by atoms with Crippen molar-refractivity contribution in [3.05, 3.63) is 47.2 Å². The molecule has 4 rings (SSSR count). The van der Waals surface area contributed by atoms with Crippen molar-refractivity contribution in [1.29, 1.82) is 5.26 Å². The molecule has 3 N–H and O–H groups in total. The molecule has 1 aromatic carbocycles. The molecule has 0 amide bonds. The summed E-state index contributed by atoms with van der Waals surface area (Å²) in [5.74, 6) is 1.12. The highest BCUT2D eigenvalue weighted by Crippen LogP contribution is 2.37. The minimum Gasteiger partial charge on any atom is -0.393 e. The number of aromatic nitrogens is 2. The number of anilines is 2. The van der Waals surface area contributed by atoms with Gasteiger partial charge in [0.15, 0.2) is 0 Å². The van der Waals surface area contributed by atoms with Gasteiger partial charge in [0.2, 0.25) is 5.95 Å². The maximum Gasteiger partial charge on any atom is 0.224 e. The number of aliphatic hydroxyl groups is 1. The number of hydrogen-bond donors (Lipinski definition) is 3. The average molecular weight is 420 g/mol. The van der Waals surface area contributed by atoms with E-state index in [2.05, 4.69) is 40.5 Å². The molecule has 1 saturated carbocycles. The number of nitriles is 1. The molecule has 0 radical (unpaired) electrons. The number of nitrogens with one attached hydrogen (secondary N) is 2. The molecule has 1 unspecified atom stereocenters. The fraction of sp³-hybridized carbons (Fsp3) is 0.500. The molecule has 2 aliphatic carbocycles. The lowest BCUT2D eigenvalue weighted by Gasteiger charge is -2.40. The second kappa shape index (κ2) is 8.64. The summed E-state index contributed by atoms with van der Waals surface area (Å²) in [6, 6.07) is 10.3. The Morgan fingerprint density at radius 1 is 1.29 bits per heavy atom. The van der Waals surface area contributed by atoms with E-state index in [9.17, 15) is 15.2 Å². The Hall–Kier alpha value is -2.98. The van der Waals surface area contributed by atoms with Crippen LogP contribution in [0.5, 0.6) is 0 Å². The Bertz CT molecular complexity index is 1010. The summed E-state index contributed by atoms with van der Waals surface area (Å²) >= 11 is 0. The summed E-state index contributed by atoms with van der Waals surface area (Å²) < 4.78 is 0. The molecule has 1 heterocycles. The van der Waals surface area contributed by atoms with Crippen molar-refractivity contribution in [2.24, 2.45) is 5.41 Å². The van der Waals surface area contributed by atoms with Gasteiger partial charge in [-0.1, -0.05) is 38.1 Å². The van der Waals surface area contributed by atoms with Gasteiger partial charge in [0.25, 0.3) is 0 Å². The van der Waals surface area contributed by atoms with E-state index < -0.39 is 0 Å². The van der Waals surface area contributed by atoms with Crippen molar-refractivity contribution in [3.63, 3.8) is 0 Å². The van der Waals surface area contributed by atoms with Gasteiger partial charge in [-0.25, -0.2) is 4.98 Å². The Balaban J connectivity index is 1.40. The molecule has 2 aromatic rings. The van der Waals surface area contributed by atoms with Crippen LogP contribution in [0.4, 0.5) is 11.8 Å². The van der Waals surface area contributed by atoms with Crippen molar-refractivity contribution in [1.82, 2.24) is 9.97 Å². The van der Waals surface area contributed by atoms with E-state index in [0.717, 1.165) is 30.4 Å². The lowest BCUT2D eigenvalue weighted by Crippen LogP contribution is -2.41. The van der Waals surface area contributed by atoms with Gasteiger partial charge in [0, 0.05) is 24.9 Å². The standard InChI is InChI=1S/C24H29N5O2/c1-24(2)12-17(7-8-21(24)31)28-22-16(13-25)14-27-23(29-22)26-10-9-19-18-6-4-3-5-15(18)11-20(19)30/h3-6,14,17,19,21,31H,7-12H2,1-2H3,(H2,26,27,28,29)/t17-,19?,21+/m1/s1. The zero-order valence-corrected chi connectivity index (χ0v) is 18.1. The van der Waals surface area contributed by atoms with Gasteiger partial charge >= 0.3 is 0 Å². The van der Waals surface area contributed by atoms with Crippen LogP contribution in [0.25, 0.3) is 0 Å². The van der Waals surface area contributed by atoms with Crippen LogP contribution in [0.3, 0.4) is 0 Å². The molecule has 0 saturated heterocycles. The van der Waals surface area contributed by atoms with E-state index in [0.29, 0.717) is 36.7 Å². The lowest BCUT2D eigenvalue weighted by molar-refractivity contribution is -0.119. The molecule has 0 bridgehead atoms. The molecule has 0 spiro atoms. The third kappa shape index (κ3) is 4.54. The summed E-state index contributed by atoms with van der Waals surface area (Å²) in [6.07, 6.45) is 4.74. The Morgan fingerprint density at radius 3 is 2.87 bits per heavy atom. The highest BCUT2D eigenvalue weighted by atomic mass is 16.3. The number of rotatable bonds is 6. The Morgan fingerprint density at radius 2 is 2.10 bits per heavy atom. The number of aliphatic hydroxyl groups excluding tert-OH is 1. The van der Waals surface area contributed by atoms with Crippen LogP contribution in [-0.4, -0.2) is 39.5 Å². The fourth-order valence-electron chi connectivity index (χ4n) is 4.76. The Kier molecular flexibility index (Phi) is 5.92. The molecule has 1 fully saturated rings. The van der Waals surface area contributed by atoms with Gasteiger partial charge in [0.05, 0.1) is 12.3 Å². The topological polar surface area (TPSA) is 111 Å². The van der Waals surface area contributed by atoms with Crippen molar-refractivity contribution in [2.75, 3.05) is 17.2 Å². The third-order valence-corrected chi connectivity index (χ3v) is 6.61. The zero-order chi connectivity index (χ0) is 22.0. The molecule has 7 nitrogen and oxygen atoms in total. The van der Waals surface area contributed by atoms with Gasteiger partial charge in [-0.2, -0.15) is 10.2 Å². The highest BCUT2D eigenvalue weighted by Gasteiger charge is 2.36. The largest absolute Gasteiger partial charge is 0.393 e. The van der Waals surface area contributed by atoms with Gasteiger partial charge in [-0.05, 0) is 42.2 Å². The van der Waals surface area contributed by atoms with E-state index in [1.807, 2.05) is 24.3 Å². The van der Waals surface area contributed by atoms with E-state index in [-0.39, 0.29) is 29.3 Å². The quantitative estimate of drug-likeness (QED) is 0.658. The molecule has 7 heteroatoms. The lowest BCUT2D eigenvalue weighted by atomic mass is 9.73. The summed E-state index contributed by atoms with van der Waals surface area (Å²) in [5, 5.41) is 26.3. The number of ketones is 1. The summed E-state index contributed by atoms with van der Waals surface area (Å²) in [4.78, 5) is 21.2. The number of hydrogen-bond acceptors (Lipinski definition) is 7. The van der Waals surface area contributed by atoms with Crippen LogP contribution in [0.15, 0.2) is 30.5 Å². The molecule has 3 atom stereocenters. The van der Waals surface area contributed by atoms with Crippen LogP contribution in [0.1, 0.15) is 62.1 Å².